The lowest BCUT2D eigenvalue weighted by Gasteiger charge is -2.19. The van der Waals surface area contributed by atoms with E-state index in [-0.39, 0.29) is 18.1 Å². The number of allylic oxidation sites excluding steroid dienone is 3. The van der Waals surface area contributed by atoms with Gasteiger partial charge in [-0.1, -0.05) is 17.8 Å². The van der Waals surface area contributed by atoms with E-state index >= 15 is 0 Å². The number of methoxy groups -OCH3 is 1. The van der Waals surface area contributed by atoms with Crippen LogP contribution in [-0.2, 0) is 16.1 Å². The van der Waals surface area contributed by atoms with Crippen LogP contribution in [-0.4, -0.2) is 56.0 Å². The highest BCUT2D eigenvalue weighted by molar-refractivity contribution is 7.98. The average Bonchev–Trinajstić information content (AvgIpc) is 2.96. The third-order valence-corrected chi connectivity index (χ3v) is 4.43. The van der Waals surface area contributed by atoms with Gasteiger partial charge in [0, 0.05) is 18.3 Å². The summed E-state index contributed by atoms with van der Waals surface area (Å²) in [4.78, 5) is 33.1. The normalized spacial score (nSPS) is 12.5. The molecule has 0 aliphatic rings. The first-order chi connectivity index (χ1) is 13.4. The smallest absolute Gasteiger partial charge is 0.278 e. The number of aromatic nitrogens is 4. The van der Waals surface area contributed by atoms with Gasteiger partial charge < -0.3 is 4.74 Å². The predicted molar refractivity (Wildman–Crippen MR) is 110 cm³/mol. The highest BCUT2D eigenvalue weighted by Gasteiger charge is 2.20. The number of hydrogen-bond acceptors (Lipinski definition) is 7. The number of ether oxygens (including phenoxy) is 1. The Balaban J connectivity index is 2.92. The van der Waals surface area contributed by atoms with Crippen LogP contribution in [0.4, 0.5) is 0 Å². The van der Waals surface area contributed by atoms with Crippen LogP contribution in [0.1, 0.15) is 20.8 Å². The molecule has 2 heterocycles. The van der Waals surface area contributed by atoms with Crippen molar-refractivity contribution >= 4 is 35.0 Å². The second-order valence-corrected chi connectivity index (χ2v) is 6.85. The fraction of sp³-hybridized carbons (Fsp3) is 0.389. The lowest BCUT2D eigenvalue weighted by Crippen LogP contribution is -2.31. The molecule has 9 nitrogen and oxygen atoms in total. The van der Waals surface area contributed by atoms with Gasteiger partial charge in [-0.15, -0.1) is 11.7 Å². The predicted octanol–water partition coefficient (Wildman–Crippen LogP) is 2.08. The Bertz CT molecular complexity index is 989. The summed E-state index contributed by atoms with van der Waals surface area (Å²) in [5, 5.41) is 6.56. The van der Waals surface area contributed by atoms with Gasteiger partial charge in [0.15, 0.2) is 16.6 Å². The van der Waals surface area contributed by atoms with Crippen LogP contribution in [0.5, 0.6) is 0 Å². The largest absolute Gasteiger partial charge is 0.501 e. The van der Waals surface area contributed by atoms with Crippen molar-refractivity contribution in [2.45, 2.75) is 38.5 Å². The molecule has 0 unspecified atom stereocenters. The van der Waals surface area contributed by atoms with Gasteiger partial charge in [-0.3, -0.25) is 9.59 Å². The molecule has 0 saturated heterocycles. The molecule has 0 radical (unpaired) electrons. The monoisotopic (exact) mass is 404 g/mol. The summed E-state index contributed by atoms with van der Waals surface area (Å²) in [5.74, 6) is 0.854. The maximum Gasteiger partial charge on any atom is 0.278 e. The van der Waals surface area contributed by atoms with Gasteiger partial charge in [-0.2, -0.15) is 0 Å². The van der Waals surface area contributed by atoms with E-state index in [1.165, 1.54) is 34.8 Å². The molecule has 0 N–H and O–H groups in total. The summed E-state index contributed by atoms with van der Waals surface area (Å²) < 4.78 is 8.26. The number of hydrazone groups is 1. The van der Waals surface area contributed by atoms with E-state index in [4.69, 9.17) is 4.74 Å². The van der Waals surface area contributed by atoms with Crippen LogP contribution >= 0.6 is 11.8 Å². The zero-order valence-corrected chi connectivity index (χ0v) is 17.4. The van der Waals surface area contributed by atoms with Crippen LogP contribution in [0.3, 0.4) is 0 Å². The molecule has 10 heteroatoms. The molecule has 150 valence electrons. The summed E-state index contributed by atoms with van der Waals surface area (Å²) in [6.45, 7) is 9.37. The second kappa shape index (κ2) is 9.36. The van der Waals surface area contributed by atoms with E-state index in [0.717, 1.165) is 0 Å². The van der Waals surface area contributed by atoms with E-state index in [0.29, 0.717) is 34.2 Å². The number of hydrogen-bond donors (Lipinski definition) is 0. The van der Waals surface area contributed by atoms with Crippen molar-refractivity contribution in [1.82, 2.24) is 24.3 Å². The minimum absolute atomic E-state index is 0.179. The Morgan fingerprint density at radius 2 is 2.21 bits per heavy atom. The molecule has 28 heavy (non-hydrogen) atoms. The van der Waals surface area contributed by atoms with Gasteiger partial charge in [-0.05, 0) is 27.0 Å². The first kappa shape index (κ1) is 21.4. The molecule has 0 spiro atoms. The zero-order valence-electron chi connectivity index (χ0n) is 16.6. The first-order valence-electron chi connectivity index (χ1n) is 8.56. The number of fused-ring (bicyclic) bond motifs is 1. The Hall–Kier alpha value is -2.88. The first-order valence-corrected chi connectivity index (χ1v) is 9.78. The average molecular weight is 404 g/mol. The molecule has 0 fully saturated rings. The van der Waals surface area contributed by atoms with E-state index in [9.17, 15) is 9.59 Å². The minimum atomic E-state index is -0.277. The topological polar surface area (TPSA) is 94.6 Å². The Morgan fingerprint density at radius 3 is 2.75 bits per heavy atom. The number of rotatable bonds is 8. The molecule has 0 bridgehead atoms. The Morgan fingerprint density at radius 1 is 1.50 bits per heavy atom. The van der Waals surface area contributed by atoms with Crippen LogP contribution in [0.2, 0.25) is 0 Å². The molecule has 0 atom stereocenters. The van der Waals surface area contributed by atoms with E-state index in [1.807, 2.05) is 20.1 Å². The van der Waals surface area contributed by atoms with E-state index < -0.39 is 0 Å². The van der Waals surface area contributed by atoms with Gasteiger partial charge in [0.05, 0.1) is 19.4 Å². The molecule has 0 aliphatic heterocycles. The van der Waals surface area contributed by atoms with Crippen molar-refractivity contribution in [2.24, 2.45) is 5.10 Å². The maximum absolute atomic E-state index is 12.9. The fourth-order valence-electron chi connectivity index (χ4n) is 2.38. The second-order valence-electron chi connectivity index (χ2n) is 6.08. The molecule has 2 aromatic rings. The van der Waals surface area contributed by atoms with Crippen LogP contribution < -0.4 is 5.56 Å². The maximum atomic E-state index is 12.9. The van der Waals surface area contributed by atoms with Crippen molar-refractivity contribution in [3.8, 4) is 0 Å². The standard InChI is InChI=1S/C18H24N6O3S/c1-7-8-23-17(26)14-10-19-18(28-6)20-16(14)24(23)15(9-13(4)27-5)21-22(11-25)12(2)3/h7,9-12H,1,8H2,2-6H3/b13-9+,21-15+. The van der Waals surface area contributed by atoms with Crippen molar-refractivity contribution in [2.75, 3.05) is 13.4 Å². The summed E-state index contributed by atoms with van der Waals surface area (Å²) in [6.07, 6.45) is 7.21. The van der Waals surface area contributed by atoms with Gasteiger partial charge >= 0.3 is 0 Å². The van der Waals surface area contributed by atoms with Crippen molar-refractivity contribution < 1.29 is 9.53 Å². The number of thioether (sulfide) groups is 1. The van der Waals surface area contributed by atoms with Crippen LogP contribution in [0.15, 0.2) is 45.7 Å². The van der Waals surface area contributed by atoms with Gasteiger partial charge in [0.1, 0.15) is 5.39 Å². The lowest BCUT2D eigenvalue weighted by atomic mass is 10.4. The Labute approximate surface area is 167 Å². The molecule has 2 rings (SSSR count). The third kappa shape index (κ3) is 4.33. The number of carbonyl (C=O) groups excluding carboxylic acids is 1. The molecule has 1 amide bonds. The van der Waals surface area contributed by atoms with Gasteiger partial charge in [0.2, 0.25) is 6.41 Å². The lowest BCUT2D eigenvalue weighted by molar-refractivity contribution is -0.119. The van der Waals surface area contributed by atoms with Crippen LogP contribution in [0.25, 0.3) is 11.0 Å². The van der Waals surface area contributed by atoms with Gasteiger partial charge in [0.25, 0.3) is 5.56 Å². The summed E-state index contributed by atoms with van der Waals surface area (Å²) >= 11 is 1.36. The number of carbonyl (C=O) groups is 1. The molecular weight excluding hydrogens is 380 g/mol. The Kier molecular flexibility index (Phi) is 7.16. The number of nitrogens with zero attached hydrogens (tertiary/aromatic N) is 6. The molecule has 0 aromatic carbocycles. The molecular formula is C18H24N6O3S. The number of amides is 1. The third-order valence-electron chi connectivity index (χ3n) is 3.86. The molecule has 2 aromatic heterocycles. The zero-order chi connectivity index (χ0) is 20.8. The minimum Gasteiger partial charge on any atom is -0.501 e. The van der Waals surface area contributed by atoms with Gasteiger partial charge in [-0.25, -0.2) is 24.3 Å². The van der Waals surface area contributed by atoms with E-state index in [1.54, 1.807) is 23.8 Å². The van der Waals surface area contributed by atoms with Crippen LogP contribution in [0, 0.1) is 0 Å². The molecule has 0 saturated carbocycles. The highest BCUT2D eigenvalue weighted by Crippen LogP contribution is 2.15. The highest BCUT2D eigenvalue weighted by atomic mass is 32.2. The summed E-state index contributed by atoms with van der Waals surface area (Å²) in [6, 6.07) is -0.179. The fourth-order valence-corrected chi connectivity index (χ4v) is 2.72. The SMILES string of the molecule is C=CCn1c(=O)c2cnc(SC)nc2n1C(/C=C(\C)OC)=N/N(C=O)C(C)C. The summed E-state index contributed by atoms with van der Waals surface area (Å²) in [7, 11) is 1.53. The van der Waals surface area contributed by atoms with E-state index in [2.05, 4.69) is 21.6 Å². The summed E-state index contributed by atoms with van der Waals surface area (Å²) in [5.41, 5.74) is 0.112. The van der Waals surface area contributed by atoms with Crippen molar-refractivity contribution in [3.05, 3.63) is 41.0 Å². The van der Waals surface area contributed by atoms with Crippen molar-refractivity contribution in [3.63, 3.8) is 0 Å². The quantitative estimate of drug-likeness (QED) is 0.0977. The van der Waals surface area contributed by atoms with Crippen molar-refractivity contribution in [1.29, 1.82) is 0 Å². The molecule has 0 aliphatic carbocycles.